The first-order valence-electron chi connectivity index (χ1n) is 15.4. The van der Waals surface area contributed by atoms with Gasteiger partial charge in [0.1, 0.15) is 22.8 Å². The fraction of sp³-hybridized carbons (Fsp3) is 0.452. The van der Waals surface area contributed by atoms with Gasteiger partial charge in [-0.15, -0.1) is 5.10 Å². The van der Waals surface area contributed by atoms with E-state index in [0.29, 0.717) is 41.9 Å². The molecule has 0 radical (unpaired) electrons. The average Bonchev–Trinajstić information content (AvgIpc) is 3.74. The third kappa shape index (κ3) is 6.21. The number of methoxy groups -OCH3 is 1. The van der Waals surface area contributed by atoms with Crippen LogP contribution in [0.4, 0.5) is 29.1 Å². The summed E-state index contributed by atoms with van der Waals surface area (Å²) in [6, 6.07) is 4.11. The average molecular weight is 652 g/mol. The standard InChI is InChI=1S/C31H33F4N11O/c1-45(16-30(17-47-2)6-3-7-30)24-13-22(19-10-20(31(33,34)35)12-21(32)11-19)38-29-26(24)39-28(40-29)23-14-37-25(15-36-23)46-8-4-18(5-9-46)27-41-43-44-42-27/h10-15,18H,3-9,16-17H2,1-2H3,(H,38,39,40)(H,41,42,43,44). The lowest BCUT2D eigenvalue weighted by molar-refractivity contribution is -0.137. The third-order valence-corrected chi connectivity index (χ3v) is 9.26. The SMILES string of the molecule is COCC1(CN(C)c2cc(-c3cc(F)cc(C(F)(F)F)c3)nc3nc(-c4cnc(N5CCC(c6nnn[nH]6)CC5)cn4)[nH]c23)CCC1. The second-order valence-corrected chi connectivity index (χ2v) is 12.5. The van der Waals surface area contributed by atoms with Crippen molar-refractivity contribution < 1.29 is 22.3 Å². The number of H-pyrrole nitrogens is 2. The van der Waals surface area contributed by atoms with Gasteiger partial charge in [-0.1, -0.05) is 6.42 Å². The fourth-order valence-corrected chi connectivity index (χ4v) is 6.69. The molecule has 0 spiro atoms. The van der Waals surface area contributed by atoms with Gasteiger partial charge >= 0.3 is 6.18 Å². The Labute approximate surface area is 267 Å². The van der Waals surface area contributed by atoms with E-state index in [-0.39, 0.29) is 28.2 Å². The molecule has 1 saturated carbocycles. The largest absolute Gasteiger partial charge is 0.416 e. The molecule has 16 heteroatoms. The molecule has 2 N–H and O–H groups in total. The second kappa shape index (κ2) is 12.1. The minimum Gasteiger partial charge on any atom is -0.384 e. The number of fused-ring (bicyclic) bond motifs is 1. The van der Waals surface area contributed by atoms with Gasteiger partial charge in [0.15, 0.2) is 17.3 Å². The van der Waals surface area contributed by atoms with Crippen molar-refractivity contribution in [3.63, 3.8) is 0 Å². The molecule has 2 aliphatic rings. The molecule has 7 rings (SSSR count). The number of alkyl halides is 3. The Morgan fingerprint density at radius 1 is 1.04 bits per heavy atom. The van der Waals surface area contributed by atoms with Crippen LogP contribution in [-0.4, -0.2) is 85.9 Å². The van der Waals surface area contributed by atoms with Crippen LogP contribution in [0.25, 0.3) is 33.9 Å². The maximum absolute atomic E-state index is 14.5. The van der Waals surface area contributed by atoms with Crippen molar-refractivity contribution in [3.05, 3.63) is 53.9 Å². The Morgan fingerprint density at radius 3 is 2.49 bits per heavy atom. The Balaban J connectivity index is 1.21. The van der Waals surface area contributed by atoms with Crippen LogP contribution >= 0.6 is 0 Å². The smallest absolute Gasteiger partial charge is 0.384 e. The van der Waals surface area contributed by atoms with Gasteiger partial charge in [0.25, 0.3) is 0 Å². The van der Waals surface area contributed by atoms with E-state index in [2.05, 4.69) is 50.4 Å². The first-order chi connectivity index (χ1) is 22.6. The van der Waals surface area contributed by atoms with E-state index < -0.39 is 17.6 Å². The van der Waals surface area contributed by atoms with Gasteiger partial charge in [0, 0.05) is 50.7 Å². The molecular weight excluding hydrogens is 618 g/mol. The van der Waals surface area contributed by atoms with Gasteiger partial charge in [0.05, 0.1) is 35.9 Å². The molecule has 0 atom stereocenters. The number of hydrogen-bond donors (Lipinski definition) is 2. The Morgan fingerprint density at radius 2 is 1.85 bits per heavy atom. The number of halogens is 4. The number of aromatic amines is 2. The molecule has 246 valence electrons. The number of nitrogens with zero attached hydrogens (tertiary/aromatic N) is 9. The van der Waals surface area contributed by atoms with Crippen molar-refractivity contribution >= 4 is 22.7 Å². The van der Waals surface area contributed by atoms with Crippen LogP contribution in [0.2, 0.25) is 0 Å². The zero-order valence-electron chi connectivity index (χ0n) is 25.9. The highest BCUT2D eigenvalue weighted by atomic mass is 19.4. The molecule has 5 aromatic rings. The number of hydrogen-bond acceptors (Lipinski definition) is 10. The highest BCUT2D eigenvalue weighted by Gasteiger charge is 2.38. The molecule has 1 aliphatic carbocycles. The number of anilines is 2. The number of piperidine rings is 1. The molecule has 0 bridgehead atoms. The number of aromatic nitrogens is 9. The van der Waals surface area contributed by atoms with Gasteiger partial charge in [-0.05, 0) is 60.4 Å². The number of benzene rings is 1. The summed E-state index contributed by atoms with van der Waals surface area (Å²) < 4.78 is 60.8. The number of imidazole rings is 1. The molecule has 0 amide bonds. The highest BCUT2D eigenvalue weighted by molar-refractivity contribution is 5.91. The van der Waals surface area contributed by atoms with E-state index >= 15 is 0 Å². The number of tetrazole rings is 1. The summed E-state index contributed by atoms with van der Waals surface area (Å²) in [5.41, 5.74) is 1.02. The molecule has 2 fully saturated rings. The Kier molecular flexibility index (Phi) is 7.98. The van der Waals surface area contributed by atoms with Crippen LogP contribution in [0.1, 0.15) is 49.4 Å². The minimum atomic E-state index is -4.72. The molecule has 1 saturated heterocycles. The van der Waals surface area contributed by atoms with E-state index in [4.69, 9.17) is 4.74 Å². The van der Waals surface area contributed by atoms with Crippen molar-refractivity contribution in [1.29, 1.82) is 0 Å². The molecule has 1 aromatic carbocycles. The highest BCUT2D eigenvalue weighted by Crippen LogP contribution is 2.43. The summed E-state index contributed by atoms with van der Waals surface area (Å²) in [5, 5.41) is 14.2. The van der Waals surface area contributed by atoms with Crippen molar-refractivity contribution in [1.82, 2.24) is 45.5 Å². The van der Waals surface area contributed by atoms with E-state index in [9.17, 15) is 17.6 Å². The van der Waals surface area contributed by atoms with E-state index in [0.717, 1.165) is 69.0 Å². The van der Waals surface area contributed by atoms with Crippen molar-refractivity contribution in [2.24, 2.45) is 5.41 Å². The van der Waals surface area contributed by atoms with E-state index in [1.54, 1.807) is 25.6 Å². The molecule has 0 unspecified atom stereocenters. The first kappa shape index (κ1) is 30.9. The Hall–Kier alpha value is -4.73. The summed E-state index contributed by atoms with van der Waals surface area (Å²) in [4.78, 5) is 26.1. The molecule has 12 nitrogen and oxygen atoms in total. The predicted octanol–water partition coefficient (Wildman–Crippen LogP) is 5.39. The van der Waals surface area contributed by atoms with Crippen LogP contribution in [0.15, 0.2) is 36.7 Å². The Bertz CT molecular complexity index is 1850. The lowest BCUT2D eigenvalue weighted by Gasteiger charge is -2.44. The van der Waals surface area contributed by atoms with Crippen LogP contribution in [-0.2, 0) is 10.9 Å². The van der Waals surface area contributed by atoms with Gasteiger partial charge in [-0.25, -0.2) is 29.4 Å². The maximum Gasteiger partial charge on any atom is 0.416 e. The topological polar surface area (TPSA) is 138 Å². The quantitative estimate of drug-likeness (QED) is 0.200. The normalized spacial score (nSPS) is 16.9. The molecule has 5 heterocycles. The number of ether oxygens (including phenoxy) is 1. The van der Waals surface area contributed by atoms with Crippen molar-refractivity contribution in [3.8, 4) is 22.8 Å². The molecule has 47 heavy (non-hydrogen) atoms. The number of nitrogens with one attached hydrogen (secondary N) is 2. The van der Waals surface area contributed by atoms with Gasteiger partial charge < -0.3 is 19.5 Å². The van der Waals surface area contributed by atoms with Crippen molar-refractivity contribution in [2.75, 3.05) is 50.2 Å². The van der Waals surface area contributed by atoms with Gasteiger partial charge in [-0.3, -0.25) is 0 Å². The predicted molar refractivity (Wildman–Crippen MR) is 165 cm³/mol. The molecule has 4 aromatic heterocycles. The molecular formula is C31H33F4N11O. The van der Waals surface area contributed by atoms with E-state index in [1.807, 2.05) is 11.9 Å². The zero-order chi connectivity index (χ0) is 32.8. The van der Waals surface area contributed by atoms with Crippen LogP contribution < -0.4 is 9.80 Å². The fourth-order valence-electron chi connectivity index (χ4n) is 6.69. The summed E-state index contributed by atoms with van der Waals surface area (Å²) >= 11 is 0. The van der Waals surface area contributed by atoms with Gasteiger partial charge in [-0.2, -0.15) is 13.2 Å². The van der Waals surface area contributed by atoms with Crippen LogP contribution in [0.3, 0.4) is 0 Å². The lowest BCUT2D eigenvalue weighted by Crippen LogP contribution is -2.44. The maximum atomic E-state index is 14.5. The number of pyridine rings is 1. The van der Waals surface area contributed by atoms with Gasteiger partial charge in [0.2, 0.25) is 0 Å². The van der Waals surface area contributed by atoms with Crippen LogP contribution in [0.5, 0.6) is 0 Å². The first-order valence-corrected chi connectivity index (χ1v) is 15.4. The summed E-state index contributed by atoms with van der Waals surface area (Å²) in [6.07, 6.45) is 3.44. The summed E-state index contributed by atoms with van der Waals surface area (Å²) in [5.74, 6) is 1.18. The lowest BCUT2D eigenvalue weighted by atomic mass is 9.69. The van der Waals surface area contributed by atoms with Crippen LogP contribution in [0, 0.1) is 11.2 Å². The third-order valence-electron chi connectivity index (χ3n) is 9.26. The van der Waals surface area contributed by atoms with E-state index in [1.165, 1.54) is 0 Å². The minimum absolute atomic E-state index is 0.00108. The monoisotopic (exact) mass is 651 g/mol. The summed E-state index contributed by atoms with van der Waals surface area (Å²) in [7, 11) is 3.59. The molecule has 1 aliphatic heterocycles. The number of rotatable bonds is 9. The second-order valence-electron chi connectivity index (χ2n) is 12.5. The zero-order valence-corrected chi connectivity index (χ0v) is 25.9. The summed E-state index contributed by atoms with van der Waals surface area (Å²) in [6.45, 7) is 2.77. The van der Waals surface area contributed by atoms with Crippen molar-refractivity contribution in [2.45, 2.75) is 44.2 Å².